The van der Waals surface area contributed by atoms with Gasteiger partial charge in [0.25, 0.3) is 0 Å². The highest BCUT2D eigenvalue weighted by molar-refractivity contribution is 6.14. The van der Waals surface area contributed by atoms with Crippen molar-refractivity contribution in [3.8, 4) is 11.5 Å². The van der Waals surface area contributed by atoms with Crippen LogP contribution in [0, 0.1) is 0 Å². The van der Waals surface area contributed by atoms with Crippen molar-refractivity contribution in [1.29, 1.82) is 0 Å². The molecule has 1 saturated heterocycles. The largest absolute Gasteiger partial charge is 0.497 e. The number of hydrogen-bond acceptors (Lipinski definition) is 4. The van der Waals surface area contributed by atoms with E-state index in [9.17, 15) is 4.79 Å². The third-order valence-corrected chi connectivity index (χ3v) is 4.33. The van der Waals surface area contributed by atoms with Gasteiger partial charge in [0.2, 0.25) is 0 Å². The first kappa shape index (κ1) is 18.0. The van der Waals surface area contributed by atoms with E-state index in [0.29, 0.717) is 13.1 Å². The number of ketones is 1. The van der Waals surface area contributed by atoms with E-state index in [0.717, 1.165) is 33.8 Å². The molecule has 1 fully saturated rings. The second-order valence-electron chi connectivity index (χ2n) is 6.39. The summed E-state index contributed by atoms with van der Waals surface area (Å²) in [5, 5.41) is 0. The van der Waals surface area contributed by atoms with Crippen molar-refractivity contribution in [3.63, 3.8) is 0 Å². The first-order chi connectivity index (χ1) is 12.6. The normalized spacial score (nSPS) is 18.3. The van der Waals surface area contributed by atoms with E-state index in [1.807, 2.05) is 67.7 Å². The highest BCUT2D eigenvalue weighted by Crippen LogP contribution is 2.23. The number of hydrogen-bond donors (Lipinski definition) is 0. The van der Waals surface area contributed by atoms with Gasteiger partial charge >= 0.3 is 0 Å². The minimum atomic E-state index is 0.0914. The Morgan fingerprint density at radius 3 is 1.73 bits per heavy atom. The van der Waals surface area contributed by atoms with Crippen molar-refractivity contribution in [1.82, 2.24) is 4.90 Å². The van der Waals surface area contributed by atoms with Crippen LogP contribution in [0.3, 0.4) is 0 Å². The van der Waals surface area contributed by atoms with Crippen LogP contribution in [0.5, 0.6) is 11.5 Å². The van der Waals surface area contributed by atoms with E-state index < -0.39 is 0 Å². The number of rotatable bonds is 4. The number of Topliss-reactive ketones (excluding diaryl/α,β-unsaturated/α-hetero) is 1. The predicted molar refractivity (Wildman–Crippen MR) is 104 cm³/mol. The molecule has 0 aromatic heterocycles. The van der Waals surface area contributed by atoms with Crippen molar-refractivity contribution in [2.75, 3.05) is 34.4 Å². The number of carbonyl (C=O) groups is 1. The van der Waals surface area contributed by atoms with Gasteiger partial charge in [-0.2, -0.15) is 0 Å². The molecule has 0 spiro atoms. The number of piperidine rings is 1. The zero-order valence-electron chi connectivity index (χ0n) is 15.4. The minimum absolute atomic E-state index is 0.0914. The summed E-state index contributed by atoms with van der Waals surface area (Å²) in [5.74, 6) is 1.65. The van der Waals surface area contributed by atoms with Gasteiger partial charge in [0.1, 0.15) is 11.5 Å². The Balaban J connectivity index is 1.92. The fourth-order valence-corrected chi connectivity index (χ4v) is 3.07. The second kappa shape index (κ2) is 8.02. The average Bonchev–Trinajstić information content (AvgIpc) is 2.66. The fraction of sp³-hybridized carbons (Fsp3) is 0.227. The molecule has 0 saturated carbocycles. The molecule has 0 bridgehead atoms. The summed E-state index contributed by atoms with van der Waals surface area (Å²) >= 11 is 0. The van der Waals surface area contributed by atoms with Gasteiger partial charge in [-0.1, -0.05) is 24.3 Å². The minimum Gasteiger partial charge on any atom is -0.497 e. The second-order valence-corrected chi connectivity index (χ2v) is 6.39. The molecular weight excluding hydrogens is 326 g/mol. The molecule has 1 aliphatic heterocycles. The van der Waals surface area contributed by atoms with Crippen LogP contribution in [-0.4, -0.2) is 45.0 Å². The lowest BCUT2D eigenvalue weighted by molar-refractivity contribution is -0.113. The van der Waals surface area contributed by atoms with Gasteiger partial charge in [-0.05, 0) is 54.6 Å². The highest BCUT2D eigenvalue weighted by atomic mass is 16.5. The summed E-state index contributed by atoms with van der Waals surface area (Å²) in [4.78, 5) is 15.1. The van der Waals surface area contributed by atoms with Crippen LogP contribution in [0.1, 0.15) is 11.1 Å². The van der Waals surface area contributed by atoms with Gasteiger partial charge in [0, 0.05) is 24.2 Å². The van der Waals surface area contributed by atoms with Gasteiger partial charge in [-0.3, -0.25) is 9.69 Å². The van der Waals surface area contributed by atoms with Crippen molar-refractivity contribution < 1.29 is 14.3 Å². The summed E-state index contributed by atoms with van der Waals surface area (Å²) < 4.78 is 10.5. The zero-order valence-corrected chi connectivity index (χ0v) is 15.4. The van der Waals surface area contributed by atoms with E-state index in [-0.39, 0.29) is 5.78 Å². The van der Waals surface area contributed by atoms with E-state index in [1.165, 1.54) is 0 Å². The summed E-state index contributed by atoms with van der Waals surface area (Å²) in [6.45, 7) is 1.26. The van der Waals surface area contributed by atoms with Crippen LogP contribution in [0.2, 0.25) is 0 Å². The quantitative estimate of drug-likeness (QED) is 0.789. The van der Waals surface area contributed by atoms with Crippen LogP contribution in [0.4, 0.5) is 0 Å². The number of nitrogens with zero attached hydrogens (tertiary/aromatic N) is 1. The Kier molecular flexibility index (Phi) is 5.54. The van der Waals surface area contributed by atoms with Crippen molar-refractivity contribution in [2.24, 2.45) is 0 Å². The molecule has 134 valence electrons. The molecule has 4 nitrogen and oxygen atoms in total. The van der Waals surface area contributed by atoms with Crippen LogP contribution in [0.25, 0.3) is 12.2 Å². The molecule has 1 aliphatic rings. The summed E-state index contributed by atoms with van der Waals surface area (Å²) in [5.41, 5.74) is 3.48. The lowest BCUT2D eigenvalue weighted by Gasteiger charge is -2.26. The SMILES string of the molecule is COc1cccc(/C=C2/CN(C)C/C(=C\c3cccc(OC)c3)C2=O)c1. The van der Waals surface area contributed by atoms with Crippen LogP contribution in [0.15, 0.2) is 59.7 Å². The Morgan fingerprint density at radius 2 is 1.31 bits per heavy atom. The lowest BCUT2D eigenvalue weighted by atomic mass is 9.94. The van der Waals surface area contributed by atoms with Gasteiger partial charge in [-0.25, -0.2) is 0 Å². The summed E-state index contributed by atoms with van der Waals surface area (Å²) in [6, 6.07) is 15.5. The molecule has 4 heteroatoms. The molecule has 0 N–H and O–H groups in total. The number of likely N-dealkylation sites (tertiary alicyclic amines) is 1. The highest BCUT2D eigenvalue weighted by Gasteiger charge is 2.23. The van der Waals surface area contributed by atoms with Crippen LogP contribution < -0.4 is 9.47 Å². The molecule has 0 amide bonds. The Hall–Kier alpha value is -2.85. The molecule has 0 aliphatic carbocycles. The van der Waals surface area contributed by atoms with Gasteiger partial charge < -0.3 is 9.47 Å². The lowest BCUT2D eigenvalue weighted by Crippen LogP contribution is -2.34. The predicted octanol–water partition coefficient (Wildman–Crippen LogP) is 3.69. The van der Waals surface area contributed by atoms with E-state index in [2.05, 4.69) is 4.90 Å². The Morgan fingerprint density at radius 1 is 0.846 bits per heavy atom. The zero-order chi connectivity index (χ0) is 18.5. The van der Waals surface area contributed by atoms with Gasteiger partial charge in [-0.15, -0.1) is 0 Å². The van der Waals surface area contributed by atoms with Gasteiger partial charge in [0.15, 0.2) is 5.78 Å². The van der Waals surface area contributed by atoms with E-state index in [1.54, 1.807) is 14.2 Å². The Bertz CT molecular complexity index is 798. The standard InChI is InChI=1S/C22H23NO3/c1-23-14-18(10-16-6-4-8-20(12-16)25-2)22(24)19(15-23)11-17-7-5-9-21(13-17)26-3/h4-13H,14-15H2,1-3H3/b18-10-,19-11+. The first-order valence-corrected chi connectivity index (χ1v) is 8.51. The van der Waals surface area contributed by atoms with Crippen molar-refractivity contribution >= 4 is 17.9 Å². The molecule has 26 heavy (non-hydrogen) atoms. The molecule has 0 radical (unpaired) electrons. The third kappa shape index (κ3) is 4.21. The monoisotopic (exact) mass is 349 g/mol. The average molecular weight is 349 g/mol. The molecule has 2 aromatic rings. The molecule has 2 aromatic carbocycles. The first-order valence-electron chi connectivity index (χ1n) is 8.51. The maximum absolute atomic E-state index is 13.0. The maximum atomic E-state index is 13.0. The fourth-order valence-electron chi connectivity index (χ4n) is 3.07. The Labute approximate surface area is 154 Å². The summed E-state index contributed by atoms with van der Waals surface area (Å²) in [7, 11) is 5.30. The molecule has 0 atom stereocenters. The number of ether oxygens (including phenoxy) is 2. The molecular formula is C22H23NO3. The van der Waals surface area contributed by atoms with E-state index >= 15 is 0 Å². The third-order valence-electron chi connectivity index (χ3n) is 4.33. The smallest absolute Gasteiger partial charge is 0.187 e. The van der Waals surface area contributed by atoms with Crippen LogP contribution in [-0.2, 0) is 4.79 Å². The molecule has 0 unspecified atom stereocenters. The maximum Gasteiger partial charge on any atom is 0.187 e. The molecule has 3 rings (SSSR count). The van der Waals surface area contributed by atoms with Gasteiger partial charge in [0.05, 0.1) is 14.2 Å². The number of benzene rings is 2. The van der Waals surface area contributed by atoms with Crippen molar-refractivity contribution in [3.05, 3.63) is 70.8 Å². The number of carbonyl (C=O) groups excluding carboxylic acids is 1. The van der Waals surface area contributed by atoms with Crippen molar-refractivity contribution in [2.45, 2.75) is 0 Å². The summed E-state index contributed by atoms with van der Waals surface area (Å²) in [6.07, 6.45) is 3.89. The molecule has 1 heterocycles. The topological polar surface area (TPSA) is 38.8 Å². The number of likely N-dealkylation sites (N-methyl/N-ethyl adjacent to an activating group) is 1. The number of methoxy groups -OCH3 is 2. The van der Waals surface area contributed by atoms with Crippen LogP contribution >= 0.6 is 0 Å². The van der Waals surface area contributed by atoms with E-state index in [4.69, 9.17) is 9.47 Å².